The van der Waals surface area contributed by atoms with E-state index < -0.39 is 0 Å². The van der Waals surface area contributed by atoms with Crippen LogP contribution in [0.5, 0.6) is 0 Å². The van der Waals surface area contributed by atoms with Crippen molar-refractivity contribution in [2.45, 2.75) is 38.8 Å². The fourth-order valence-corrected chi connectivity index (χ4v) is 2.34. The minimum absolute atomic E-state index is 0. The molecule has 1 unspecified atom stereocenters. The zero-order valence-electron chi connectivity index (χ0n) is 13.0. The van der Waals surface area contributed by atoms with Crippen LogP contribution in [0.2, 0.25) is 0 Å². The minimum atomic E-state index is -0.0709. The average Bonchev–Trinajstić information content (AvgIpc) is 2.88. The Morgan fingerprint density at radius 1 is 1.48 bits per heavy atom. The van der Waals surface area contributed by atoms with Crippen molar-refractivity contribution < 1.29 is 4.74 Å². The summed E-state index contributed by atoms with van der Waals surface area (Å²) in [6.07, 6.45) is 4.04. The molecule has 0 spiro atoms. The largest absolute Gasteiger partial charge is 0.373 e. The molecule has 1 atom stereocenters. The lowest BCUT2D eigenvalue weighted by Gasteiger charge is -2.24. The number of aromatic nitrogens is 1. The number of nitrogens with zero attached hydrogens (tertiary/aromatic N) is 2. The smallest absolute Gasteiger partial charge is 0.191 e. The zero-order valence-corrected chi connectivity index (χ0v) is 15.3. The summed E-state index contributed by atoms with van der Waals surface area (Å²) in [5.74, 6) is 0.784. The zero-order chi connectivity index (χ0) is 14.4. The second-order valence-corrected chi connectivity index (χ2v) is 5.45. The van der Waals surface area contributed by atoms with Crippen molar-refractivity contribution in [1.82, 2.24) is 15.6 Å². The predicted octanol–water partition coefficient (Wildman–Crippen LogP) is 2.24. The first-order chi connectivity index (χ1) is 9.63. The number of hydrogen-bond donors (Lipinski definition) is 2. The first kappa shape index (κ1) is 18.2. The Kier molecular flexibility index (Phi) is 7.37. The lowest BCUT2D eigenvalue weighted by molar-refractivity contribution is 0.0243. The standard InChI is InChI=1S/C15H24N4O.HI/c1-12-6-4-8-17-13(12)10-18-14(16-3)19-11-15(2)7-5-9-20-15;/h4,6,8H,5,7,9-11H2,1-3H3,(H2,16,18,19);1H. The molecule has 118 valence electrons. The van der Waals surface area contributed by atoms with Gasteiger partial charge in [0.25, 0.3) is 0 Å². The Bertz CT molecular complexity index is 472. The van der Waals surface area contributed by atoms with Crippen LogP contribution in [0.1, 0.15) is 31.0 Å². The van der Waals surface area contributed by atoms with Crippen molar-refractivity contribution in [1.29, 1.82) is 0 Å². The van der Waals surface area contributed by atoms with Crippen LogP contribution in [0.4, 0.5) is 0 Å². The highest BCUT2D eigenvalue weighted by Crippen LogP contribution is 2.23. The molecule has 0 radical (unpaired) electrons. The van der Waals surface area contributed by atoms with Crippen molar-refractivity contribution >= 4 is 29.9 Å². The number of halogens is 1. The number of pyridine rings is 1. The van der Waals surface area contributed by atoms with Gasteiger partial charge in [-0.2, -0.15) is 0 Å². The molecule has 0 aromatic carbocycles. The third-order valence-electron chi connectivity index (χ3n) is 3.69. The van der Waals surface area contributed by atoms with Gasteiger partial charge in [0, 0.05) is 26.4 Å². The Hall–Kier alpha value is -0.890. The summed E-state index contributed by atoms with van der Waals surface area (Å²) < 4.78 is 5.76. The molecule has 1 saturated heterocycles. The fraction of sp³-hybridized carbons (Fsp3) is 0.600. The Morgan fingerprint density at radius 3 is 2.90 bits per heavy atom. The van der Waals surface area contributed by atoms with Crippen LogP contribution in [0.15, 0.2) is 23.3 Å². The quantitative estimate of drug-likeness (QED) is 0.459. The van der Waals surface area contributed by atoms with E-state index >= 15 is 0 Å². The molecule has 1 fully saturated rings. The highest BCUT2D eigenvalue weighted by atomic mass is 127. The highest BCUT2D eigenvalue weighted by molar-refractivity contribution is 14.0. The Balaban J connectivity index is 0.00000220. The van der Waals surface area contributed by atoms with E-state index in [2.05, 4.69) is 40.5 Å². The average molecular weight is 404 g/mol. The van der Waals surface area contributed by atoms with E-state index in [-0.39, 0.29) is 29.6 Å². The molecular weight excluding hydrogens is 379 g/mol. The van der Waals surface area contributed by atoms with Gasteiger partial charge < -0.3 is 15.4 Å². The predicted molar refractivity (Wildman–Crippen MR) is 96.2 cm³/mol. The molecule has 0 saturated carbocycles. The van der Waals surface area contributed by atoms with Crippen molar-refractivity contribution in [2.24, 2.45) is 4.99 Å². The lowest BCUT2D eigenvalue weighted by Crippen LogP contribution is -2.45. The van der Waals surface area contributed by atoms with E-state index in [0.29, 0.717) is 6.54 Å². The maximum absolute atomic E-state index is 5.76. The maximum Gasteiger partial charge on any atom is 0.191 e. The van der Waals surface area contributed by atoms with Crippen LogP contribution in [-0.4, -0.2) is 36.7 Å². The van der Waals surface area contributed by atoms with Gasteiger partial charge in [0.2, 0.25) is 0 Å². The molecule has 5 nitrogen and oxygen atoms in total. The number of aryl methyl sites for hydroxylation is 1. The Morgan fingerprint density at radius 2 is 2.29 bits per heavy atom. The third kappa shape index (κ3) is 5.43. The number of ether oxygens (including phenoxy) is 1. The molecular formula is C15H25IN4O. The number of hydrogen-bond acceptors (Lipinski definition) is 3. The summed E-state index contributed by atoms with van der Waals surface area (Å²) >= 11 is 0. The van der Waals surface area contributed by atoms with Gasteiger partial charge in [-0.3, -0.25) is 9.98 Å². The number of nitrogens with one attached hydrogen (secondary N) is 2. The van der Waals surface area contributed by atoms with Crippen LogP contribution >= 0.6 is 24.0 Å². The fourth-order valence-electron chi connectivity index (χ4n) is 2.34. The molecule has 2 N–H and O–H groups in total. The summed E-state index contributed by atoms with van der Waals surface area (Å²) in [7, 11) is 1.78. The molecule has 21 heavy (non-hydrogen) atoms. The number of rotatable bonds is 4. The van der Waals surface area contributed by atoms with Gasteiger partial charge in [-0.15, -0.1) is 24.0 Å². The molecule has 2 rings (SSSR count). The van der Waals surface area contributed by atoms with Gasteiger partial charge in [0.15, 0.2) is 5.96 Å². The summed E-state index contributed by atoms with van der Waals surface area (Å²) in [5.41, 5.74) is 2.15. The van der Waals surface area contributed by atoms with Gasteiger partial charge in [-0.25, -0.2) is 0 Å². The molecule has 0 bridgehead atoms. The van der Waals surface area contributed by atoms with Gasteiger partial charge in [-0.1, -0.05) is 6.07 Å². The minimum Gasteiger partial charge on any atom is -0.373 e. The van der Waals surface area contributed by atoms with Crippen LogP contribution in [-0.2, 0) is 11.3 Å². The summed E-state index contributed by atoms with van der Waals surface area (Å²) in [6.45, 7) is 6.51. The topological polar surface area (TPSA) is 58.5 Å². The normalized spacial score (nSPS) is 21.8. The van der Waals surface area contributed by atoms with Crippen molar-refractivity contribution in [3.05, 3.63) is 29.6 Å². The second-order valence-electron chi connectivity index (χ2n) is 5.45. The van der Waals surface area contributed by atoms with E-state index in [9.17, 15) is 0 Å². The van der Waals surface area contributed by atoms with E-state index in [1.165, 1.54) is 5.56 Å². The van der Waals surface area contributed by atoms with E-state index in [0.717, 1.165) is 37.6 Å². The van der Waals surface area contributed by atoms with Gasteiger partial charge in [-0.05, 0) is 38.3 Å². The number of aliphatic imine (C=N–C) groups is 1. The van der Waals surface area contributed by atoms with Gasteiger partial charge >= 0.3 is 0 Å². The summed E-state index contributed by atoms with van der Waals surface area (Å²) in [4.78, 5) is 8.60. The SMILES string of the molecule is CN=C(NCc1ncccc1C)NCC1(C)CCCO1.I. The second kappa shape index (κ2) is 8.53. The van der Waals surface area contributed by atoms with Crippen LogP contribution in [0.3, 0.4) is 0 Å². The highest BCUT2D eigenvalue weighted by Gasteiger charge is 2.29. The third-order valence-corrected chi connectivity index (χ3v) is 3.69. The molecule has 1 aromatic heterocycles. The molecule has 0 amide bonds. The van der Waals surface area contributed by atoms with E-state index in [4.69, 9.17) is 4.74 Å². The van der Waals surface area contributed by atoms with E-state index in [1.807, 2.05) is 12.3 Å². The lowest BCUT2D eigenvalue weighted by atomic mass is 10.0. The summed E-state index contributed by atoms with van der Waals surface area (Å²) in [5, 5.41) is 6.62. The number of guanidine groups is 1. The van der Waals surface area contributed by atoms with Crippen LogP contribution in [0, 0.1) is 6.92 Å². The molecule has 2 heterocycles. The first-order valence-electron chi connectivity index (χ1n) is 7.12. The molecule has 1 aromatic rings. The first-order valence-corrected chi connectivity index (χ1v) is 7.12. The summed E-state index contributed by atoms with van der Waals surface area (Å²) in [6, 6.07) is 4.01. The van der Waals surface area contributed by atoms with Crippen molar-refractivity contribution in [3.63, 3.8) is 0 Å². The van der Waals surface area contributed by atoms with Crippen LogP contribution in [0.25, 0.3) is 0 Å². The Labute approximate surface area is 144 Å². The molecule has 0 aliphatic carbocycles. The van der Waals surface area contributed by atoms with Gasteiger partial charge in [0.1, 0.15) is 0 Å². The van der Waals surface area contributed by atoms with Crippen LogP contribution < -0.4 is 10.6 Å². The van der Waals surface area contributed by atoms with Crippen molar-refractivity contribution in [3.8, 4) is 0 Å². The maximum atomic E-state index is 5.76. The molecule has 6 heteroatoms. The molecule has 1 aliphatic heterocycles. The monoisotopic (exact) mass is 404 g/mol. The van der Waals surface area contributed by atoms with Crippen molar-refractivity contribution in [2.75, 3.05) is 20.2 Å². The van der Waals surface area contributed by atoms with Gasteiger partial charge in [0.05, 0.1) is 17.8 Å². The molecule has 1 aliphatic rings. The van der Waals surface area contributed by atoms with E-state index in [1.54, 1.807) is 7.05 Å².